The highest BCUT2D eigenvalue weighted by atomic mass is 19.1. The van der Waals surface area contributed by atoms with Gasteiger partial charge in [0, 0.05) is 18.3 Å². The molecule has 0 atom stereocenters. The molecule has 7 nitrogen and oxygen atoms in total. The molecule has 0 fully saturated rings. The summed E-state index contributed by atoms with van der Waals surface area (Å²) in [6, 6.07) is 9.87. The number of nitrogens with two attached hydrogens (primary N) is 2. The average Bonchev–Trinajstić information content (AvgIpc) is 2.58. The van der Waals surface area contributed by atoms with E-state index in [0.717, 1.165) is 11.9 Å². The lowest BCUT2D eigenvalue weighted by Crippen LogP contribution is -2.24. The van der Waals surface area contributed by atoms with Crippen LogP contribution in [0.1, 0.15) is 21.5 Å². The van der Waals surface area contributed by atoms with Gasteiger partial charge < -0.3 is 16.8 Å². The molecule has 8 heteroatoms. The summed E-state index contributed by atoms with van der Waals surface area (Å²) in [5.74, 6) is -1.11. The molecule has 5 N–H and O–H groups in total. The molecule has 23 heavy (non-hydrogen) atoms. The highest BCUT2D eigenvalue weighted by molar-refractivity contribution is 5.97. The zero-order valence-corrected chi connectivity index (χ0v) is 12.1. The van der Waals surface area contributed by atoms with Gasteiger partial charge in [0.15, 0.2) is 5.84 Å². The highest BCUT2D eigenvalue weighted by Crippen LogP contribution is 2.06. The van der Waals surface area contributed by atoms with E-state index in [1.54, 1.807) is 24.3 Å². The van der Waals surface area contributed by atoms with Gasteiger partial charge in [-0.25, -0.2) is 4.98 Å². The third-order valence-electron chi connectivity index (χ3n) is 2.94. The lowest BCUT2D eigenvalue weighted by Gasteiger charge is -2.06. The molecule has 0 spiro atoms. The number of aromatic nitrogens is 1. The number of amides is 1. The predicted molar refractivity (Wildman–Crippen MR) is 85.2 cm³/mol. The summed E-state index contributed by atoms with van der Waals surface area (Å²) >= 11 is 0. The van der Waals surface area contributed by atoms with Crippen molar-refractivity contribution in [3.8, 4) is 0 Å². The first-order chi connectivity index (χ1) is 11.1. The minimum atomic E-state index is -0.801. The third-order valence-corrected chi connectivity index (χ3v) is 2.94. The summed E-state index contributed by atoms with van der Waals surface area (Å²) in [7, 11) is 0. The smallest absolute Gasteiger partial charge is 0.256 e. The lowest BCUT2D eigenvalue weighted by atomic mass is 10.1. The Morgan fingerprint density at radius 2 is 2.04 bits per heavy atom. The van der Waals surface area contributed by atoms with E-state index in [1.165, 1.54) is 18.3 Å². The van der Waals surface area contributed by atoms with E-state index >= 15 is 0 Å². The van der Waals surface area contributed by atoms with E-state index in [4.69, 9.17) is 11.5 Å². The van der Waals surface area contributed by atoms with E-state index in [-0.39, 0.29) is 17.9 Å². The number of halogens is 1. The van der Waals surface area contributed by atoms with Gasteiger partial charge in [0.25, 0.3) is 5.91 Å². The molecule has 0 aliphatic carbocycles. The molecular formula is C15H15FN6O. The molecular weight excluding hydrogens is 299 g/mol. The number of nitrogens with one attached hydrogen (secondary N) is 1. The van der Waals surface area contributed by atoms with Crippen molar-refractivity contribution in [1.82, 2.24) is 10.3 Å². The third kappa shape index (κ3) is 4.34. The van der Waals surface area contributed by atoms with Crippen molar-refractivity contribution >= 4 is 18.1 Å². The second-order valence-electron chi connectivity index (χ2n) is 4.47. The fourth-order valence-electron chi connectivity index (χ4n) is 1.78. The van der Waals surface area contributed by atoms with E-state index in [9.17, 15) is 9.18 Å². The van der Waals surface area contributed by atoms with Crippen molar-refractivity contribution in [2.45, 2.75) is 6.54 Å². The maximum atomic E-state index is 13.4. The van der Waals surface area contributed by atoms with Crippen molar-refractivity contribution < 1.29 is 9.18 Å². The first-order valence-electron chi connectivity index (χ1n) is 6.66. The molecule has 0 saturated carbocycles. The number of carbonyl (C=O) groups is 1. The van der Waals surface area contributed by atoms with Gasteiger partial charge in [0.2, 0.25) is 5.95 Å². The first kappa shape index (κ1) is 16.1. The summed E-state index contributed by atoms with van der Waals surface area (Å²) in [6.45, 7) is 0.242. The molecule has 1 aromatic carbocycles. The van der Waals surface area contributed by atoms with Gasteiger partial charge in [0.05, 0.1) is 5.56 Å². The molecule has 2 aromatic rings. The number of benzene rings is 1. The Morgan fingerprint density at radius 1 is 1.30 bits per heavy atom. The Kier molecular flexibility index (Phi) is 5.35. The van der Waals surface area contributed by atoms with Crippen LogP contribution in [0.4, 0.5) is 4.39 Å². The van der Waals surface area contributed by atoms with E-state index in [2.05, 4.69) is 20.5 Å². The quantitative estimate of drug-likeness (QED) is 0.327. The molecule has 0 aliphatic heterocycles. The van der Waals surface area contributed by atoms with E-state index in [1.807, 2.05) is 0 Å². The molecule has 0 radical (unpaired) electrons. The largest absolute Gasteiger partial charge is 0.388 e. The predicted octanol–water partition coefficient (Wildman–Crippen LogP) is 0.758. The molecule has 0 unspecified atom stereocenters. The molecule has 0 bridgehead atoms. The van der Waals surface area contributed by atoms with Gasteiger partial charge in [-0.2, -0.15) is 4.39 Å². The standard InChI is InChI=1S/C15H15FN6O/c16-13-12(2-1-7-19-13)15(23)20-8-10-3-5-11(6-4-10)14(18)22-21-9-17/h1-7,9H,8H2,(H2,17,21)(H2,18,22)(H,20,23). The number of nitrogens with zero attached hydrogens (tertiary/aromatic N) is 3. The normalized spacial score (nSPS) is 11.6. The van der Waals surface area contributed by atoms with Gasteiger partial charge in [-0.15, -0.1) is 10.2 Å². The number of pyridine rings is 1. The van der Waals surface area contributed by atoms with Crippen molar-refractivity contribution in [2.24, 2.45) is 21.7 Å². The molecule has 1 amide bonds. The monoisotopic (exact) mass is 314 g/mol. The van der Waals surface area contributed by atoms with Gasteiger partial charge >= 0.3 is 0 Å². The Bertz CT molecular complexity index is 742. The van der Waals surface area contributed by atoms with E-state index < -0.39 is 11.9 Å². The zero-order valence-electron chi connectivity index (χ0n) is 12.1. The van der Waals surface area contributed by atoms with Crippen molar-refractivity contribution in [3.05, 3.63) is 65.2 Å². The molecule has 0 saturated heterocycles. The minimum absolute atomic E-state index is 0.0971. The summed E-state index contributed by atoms with van der Waals surface area (Å²) < 4.78 is 13.4. The van der Waals surface area contributed by atoms with Gasteiger partial charge in [-0.1, -0.05) is 24.3 Å². The van der Waals surface area contributed by atoms with E-state index in [0.29, 0.717) is 5.56 Å². The summed E-state index contributed by atoms with van der Waals surface area (Å²) in [5, 5.41) is 9.79. The fourth-order valence-corrected chi connectivity index (χ4v) is 1.78. The van der Waals surface area contributed by atoms with Crippen LogP contribution >= 0.6 is 0 Å². The molecule has 0 aliphatic rings. The van der Waals surface area contributed by atoms with Gasteiger partial charge in [-0.05, 0) is 17.7 Å². The van der Waals surface area contributed by atoms with Crippen LogP contribution in [0.5, 0.6) is 0 Å². The highest BCUT2D eigenvalue weighted by Gasteiger charge is 2.11. The Balaban J connectivity index is 1.99. The number of rotatable bonds is 5. The Morgan fingerprint density at radius 3 is 2.70 bits per heavy atom. The van der Waals surface area contributed by atoms with Crippen LogP contribution in [-0.2, 0) is 6.54 Å². The van der Waals surface area contributed by atoms with Crippen molar-refractivity contribution in [1.29, 1.82) is 0 Å². The summed E-state index contributed by atoms with van der Waals surface area (Å²) in [4.78, 5) is 15.3. The van der Waals surface area contributed by atoms with Crippen LogP contribution in [0.2, 0.25) is 0 Å². The number of hydrogen-bond donors (Lipinski definition) is 3. The van der Waals surface area contributed by atoms with Gasteiger partial charge in [0.1, 0.15) is 6.34 Å². The summed E-state index contributed by atoms with van der Waals surface area (Å²) in [5.41, 5.74) is 12.2. The minimum Gasteiger partial charge on any atom is -0.388 e. The fraction of sp³-hybridized carbons (Fsp3) is 0.0667. The Labute approximate surface area is 131 Å². The molecule has 2 rings (SSSR count). The average molecular weight is 314 g/mol. The molecule has 1 aromatic heterocycles. The lowest BCUT2D eigenvalue weighted by molar-refractivity contribution is 0.0946. The van der Waals surface area contributed by atoms with Gasteiger partial charge in [-0.3, -0.25) is 4.79 Å². The molecule has 118 valence electrons. The topological polar surface area (TPSA) is 119 Å². The van der Waals surface area contributed by atoms with Crippen LogP contribution in [0.3, 0.4) is 0 Å². The van der Waals surface area contributed by atoms with Crippen LogP contribution < -0.4 is 16.8 Å². The van der Waals surface area contributed by atoms with Crippen LogP contribution in [0.15, 0.2) is 52.8 Å². The first-order valence-corrected chi connectivity index (χ1v) is 6.66. The van der Waals surface area contributed by atoms with Crippen molar-refractivity contribution in [3.63, 3.8) is 0 Å². The SMILES string of the molecule is N/C=N\N=C(/N)c1ccc(CNC(=O)c2cccnc2F)cc1. The number of hydrogen-bond acceptors (Lipinski definition) is 4. The second kappa shape index (κ2) is 7.64. The van der Waals surface area contributed by atoms with Crippen LogP contribution in [0, 0.1) is 5.95 Å². The zero-order chi connectivity index (χ0) is 16.7. The Hall–Kier alpha value is -3.29. The number of amidine groups is 1. The van der Waals surface area contributed by atoms with Crippen molar-refractivity contribution in [2.75, 3.05) is 0 Å². The maximum absolute atomic E-state index is 13.4. The van der Waals surface area contributed by atoms with Crippen LogP contribution in [-0.4, -0.2) is 23.1 Å². The number of carbonyl (C=O) groups excluding carboxylic acids is 1. The summed E-state index contributed by atoms with van der Waals surface area (Å²) in [6.07, 6.45) is 2.32. The molecule has 1 heterocycles. The van der Waals surface area contributed by atoms with Crippen LogP contribution in [0.25, 0.3) is 0 Å². The maximum Gasteiger partial charge on any atom is 0.256 e. The second-order valence-corrected chi connectivity index (χ2v) is 4.47.